The lowest BCUT2D eigenvalue weighted by molar-refractivity contribution is -0.130. The maximum Gasteiger partial charge on any atom is 0.219 e. The van der Waals surface area contributed by atoms with E-state index >= 15 is 0 Å². The highest BCUT2D eigenvalue weighted by Gasteiger charge is 2.12. The van der Waals surface area contributed by atoms with E-state index in [-0.39, 0.29) is 41.4 Å². The topological polar surface area (TPSA) is 177 Å². The highest BCUT2D eigenvalue weighted by Crippen LogP contribution is 2.13. The maximum absolute atomic E-state index is 12.3. The van der Waals surface area contributed by atoms with Crippen LogP contribution in [0, 0.1) is 0 Å². The van der Waals surface area contributed by atoms with Crippen molar-refractivity contribution in [2.45, 2.75) is 169 Å². The van der Waals surface area contributed by atoms with Gasteiger partial charge in [-0.15, -0.1) is 0 Å². The van der Waals surface area contributed by atoms with Gasteiger partial charge in [0, 0.05) is 113 Å². The van der Waals surface area contributed by atoms with Gasteiger partial charge in [0.25, 0.3) is 0 Å². The van der Waals surface area contributed by atoms with Crippen molar-refractivity contribution < 1.29 is 33.6 Å². The molecule has 0 aromatic carbocycles. The number of rotatable bonds is 37. The SMILES string of the molecule is CC(=O)NCCCCN(CCCNC(=O)CCCCCCCCCCCCCCC(=O)NCCCN(CCCCN(CCCNC(C)=O)C(C)=O)C(C)=O)C(C)=O. The zero-order valence-electron chi connectivity index (χ0n) is 36.6. The summed E-state index contributed by atoms with van der Waals surface area (Å²) in [5.74, 6) is 0.112. The zero-order chi connectivity index (χ0) is 42.5. The van der Waals surface area contributed by atoms with Gasteiger partial charge in [0.1, 0.15) is 0 Å². The van der Waals surface area contributed by atoms with E-state index in [1.54, 1.807) is 25.7 Å². The Kier molecular flexibility index (Phi) is 34.2. The van der Waals surface area contributed by atoms with Crippen LogP contribution < -0.4 is 21.3 Å². The van der Waals surface area contributed by atoms with Gasteiger partial charge in [-0.1, -0.05) is 64.2 Å². The Labute approximate surface area is 345 Å². The summed E-state index contributed by atoms with van der Waals surface area (Å²) < 4.78 is 0. The minimum absolute atomic E-state index is 0.0127. The second-order valence-electron chi connectivity index (χ2n) is 15.4. The molecule has 0 aromatic rings. The first kappa shape index (κ1) is 53.3. The van der Waals surface area contributed by atoms with Crippen LogP contribution in [0.4, 0.5) is 0 Å². The maximum atomic E-state index is 12.3. The number of nitrogens with one attached hydrogen (secondary N) is 4. The summed E-state index contributed by atoms with van der Waals surface area (Å²) in [5.41, 5.74) is 0. The third-order valence-electron chi connectivity index (χ3n) is 10.1. The van der Waals surface area contributed by atoms with Gasteiger partial charge in [0.15, 0.2) is 0 Å². The van der Waals surface area contributed by atoms with Crippen molar-refractivity contribution in [2.75, 3.05) is 65.4 Å². The molecule has 57 heavy (non-hydrogen) atoms. The van der Waals surface area contributed by atoms with Crippen LogP contribution in [0.25, 0.3) is 0 Å². The monoisotopic (exact) mass is 808 g/mol. The van der Waals surface area contributed by atoms with Crippen LogP contribution in [-0.4, -0.2) is 121 Å². The van der Waals surface area contributed by atoms with E-state index in [2.05, 4.69) is 21.3 Å². The number of unbranched alkanes of at least 4 members (excludes halogenated alkanes) is 13. The van der Waals surface area contributed by atoms with Crippen LogP contribution in [-0.2, 0) is 33.6 Å². The van der Waals surface area contributed by atoms with Gasteiger partial charge >= 0.3 is 0 Å². The summed E-state index contributed by atoms with van der Waals surface area (Å²) in [6, 6.07) is 0. The van der Waals surface area contributed by atoms with Crippen molar-refractivity contribution >= 4 is 41.4 Å². The predicted octanol–water partition coefficient (Wildman–Crippen LogP) is 5.23. The molecule has 0 aliphatic rings. The van der Waals surface area contributed by atoms with E-state index in [0.717, 1.165) is 70.6 Å². The third-order valence-corrected chi connectivity index (χ3v) is 10.1. The highest BCUT2D eigenvalue weighted by atomic mass is 16.2. The number of carbonyl (C=O) groups excluding carboxylic acids is 7. The predicted molar refractivity (Wildman–Crippen MR) is 227 cm³/mol. The van der Waals surface area contributed by atoms with Gasteiger partial charge in [-0.2, -0.15) is 0 Å². The zero-order valence-corrected chi connectivity index (χ0v) is 36.6. The molecule has 330 valence electrons. The largest absolute Gasteiger partial charge is 0.356 e. The number of hydrogen-bond acceptors (Lipinski definition) is 7. The quantitative estimate of drug-likeness (QED) is 0.0622. The molecular formula is C43H81N7O7. The Hall–Kier alpha value is -3.71. The summed E-state index contributed by atoms with van der Waals surface area (Å²) in [4.78, 5) is 87.7. The van der Waals surface area contributed by atoms with Crippen molar-refractivity contribution in [1.82, 2.24) is 36.0 Å². The number of carbonyl (C=O) groups is 7. The van der Waals surface area contributed by atoms with E-state index in [0.29, 0.717) is 91.1 Å². The molecule has 0 atom stereocenters. The van der Waals surface area contributed by atoms with Crippen LogP contribution in [0.1, 0.15) is 169 Å². The van der Waals surface area contributed by atoms with Crippen LogP contribution >= 0.6 is 0 Å². The molecule has 0 saturated heterocycles. The summed E-state index contributed by atoms with van der Waals surface area (Å²) in [6.07, 6.45) is 20.1. The van der Waals surface area contributed by atoms with Crippen molar-refractivity contribution in [2.24, 2.45) is 0 Å². The number of nitrogens with zero attached hydrogens (tertiary/aromatic N) is 3. The molecule has 7 amide bonds. The van der Waals surface area contributed by atoms with E-state index in [4.69, 9.17) is 0 Å². The molecule has 0 spiro atoms. The Balaban J connectivity index is 3.71. The second-order valence-corrected chi connectivity index (χ2v) is 15.4. The summed E-state index contributed by atoms with van der Waals surface area (Å²) >= 11 is 0. The smallest absolute Gasteiger partial charge is 0.219 e. The Morgan fingerprint density at radius 3 is 0.842 bits per heavy atom. The average molecular weight is 808 g/mol. The van der Waals surface area contributed by atoms with Crippen LogP contribution in [0.5, 0.6) is 0 Å². The molecule has 0 aliphatic carbocycles. The van der Waals surface area contributed by atoms with E-state index < -0.39 is 0 Å². The van der Waals surface area contributed by atoms with Crippen molar-refractivity contribution in [3.8, 4) is 0 Å². The molecule has 0 aliphatic heterocycles. The minimum atomic E-state index is -0.0745. The Morgan fingerprint density at radius 2 is 0.544 bits per heavy atom. The molecule has 0 fully saturated rings. The van der Waals surface area contributed by atoms with E-state index in [9.17, 15) is 33.6 Å². The lowest BCUT2D eigenvalue weighted by Gasteiger charge is -2.23. The molecule has 0 rings (SSSR count). The van der Waals surface area contributed by atoms with Gasteiger partial charge < -0.3 is 36.0 Å². The van der Waals surface area contributed by atoms with Crippen molar-refractivity contribution in [3.05, 3.63) is 0 Å². The average Bonchev–Trinajstić information content (AvgIpc) is 3.14. The fourth-order valence-corrected chi connectivity index (χ4v) is 6.62. The lowest BCUT2D eigenvalue weighted by atomic mass is 10.0. The number of hydrogen-bond donors (Lipinski definition) is 4. The standard InChI is InChI=1S/C43H81N7O7/c1-37(51)44-27-18-19-31-48(39(3)53)35-23-29-46-42(56)25-16-14-12-10-8-6-7-9-11-13-15-17-26-43(57)47-30-24-36-50(41(5)55)33-21-20-32-49(40(4)54)34-22-28-45-38(2)52/h6-36H2,1-5H3,(H,44,51)(H,45,52)(H,46,56)(H,47,57). The molecule has 0 heterocycles. The third kappa shape index (κ3) is 35.2. The molecule has 0 saturated carbocycles. The Bertz CT molecular complexity index is 1140. The molecule has 4 N–H and O–H groups in total. The first-order valence-corrected chi connectivity index (χ1v) is 22.1. The van der Waals surface area contributed by atoms with Crippen LogP contribution in [0.2, 0.25) is 0 Å². The van der Waals surface area contributed by atoms with E-state index in [1.807, 2.05) is 9.80 Å². The molecule has 14 heteroatoms. The Morgan fingerprint density at radius 1 is 0.298 bits per heavy atom. The lowest BCUT2D eigenvalue weighted by Crippen LogP contribution is -2.35. The molecule has 0 bridgehead atoms. The molecule has 14 nitrogen and oxygen atoms in total. The fraction of sp³-hybridized carbons (Fsp3) is 0.837. The van der Waals surface area contributed by atoms with Crippen LogP contribution in [0.15, 0.2) is 0 Å². The molecule has 0 radical (unpaired) electrons. The highest BCUT2D eigenvalue weighted by molar-refractivity contribution is 5.76. The summed E-state index contributed by atoms with van der Waals surface area (Å²) in [5, 5.41) is 11.5. The van der Waals surface area contributed by atoms with Gasteiger partial charge in [0.2, 0.25) is 41.4 Å². The van der Waals surface area contributed by atoms with Crippen molar-refractivity contribution in [1.29, 1.82) is 0 Å². The van der Waals surface area contributed by atoms with Crippen LogP contribution in [0.3, 0.4) is 0 Å². The first-order chi connectivity index (χ1) is 27.3. The molecule has 0 unspecified atom stereocenters. The fourth-order valence-electron chi connectivity index (χ4n) is 6.62. The van der Waals surface area contributed by atoms with Gasteiger partial charge in [0.05, 0.1) is 0 Å². The van der Waals surface area contributed by atoms with Crippen molar-refractivity contribution in [3.63, 3.8) is 0 Å². The molecular weight excluding hydrogens is 727 g/mol. The number of amides is 7. The minimum Gasteiger partial charge on any atom is -0.356 e. The van der Waals surface area contributed by atoms with Gasteiger partial charge in [-0.25, -0.2) is 0 Å². The van der Waals surface area contributed by atoms with Gasteiger partial charge in [-0.3, -0.25) is 33.6 Å². The summed E-state index contributed by atoms with van der Waals surface area (Å²) in [7, 11) is 0. The van der Waals surface area contributed by atoms with E-state index in [1.165, 1.54) is 52.4 Å². The summed E-state index contributed by atoms with van der Waals surface area (Å²) in [6.45, 7) is 13.7. The molecule has 0 aromatic heterocycles. The van der Waals surface area contributed by atoms with Gasteiger partial charge in [-0.05, 0) is 57.8 Å². The first-order valence-electron chi connectivity index (χ1n) is 22.1. The second kappa shape index (κ2) is 36.6. The normalized spacial score (nSPS) is 10.8.